The number of anilines is 1. The number of ether oxygens (including phenoxy) is 1. The quantitative estimate of drug-likeness (QED) is 0.717. The molecule has 1 N–H and O–H groups in total. The molecule has 132 valence electrons. The van der Waals surface area contributed by atoms with E-state index in [1.807, 2.05) is 32.0 Å². The number of nitrogens with one attached hydrogen (secondary N) is 1. The minimum absolute atomic E-state index is 0.225. The smallest absolute Gasteiger partial charge is 0.341 e. The molecule has 1 amide bonds. The lowest BCUT2D eigenvalue weighted by atomic mass is 10.0. The Bertz CT molecular complexity index is 792. The summed E-state index contributed by atoms with van der Waals surface area (Å²) in [5.41, 5.74) is 1.42. The molecule has 25 heavy (non-hydrogen) atoms. The molecule has 4 nitrogen and oxygen atoms in total. The van der Waals surface area contributed by atoms with Crippen molar-refractivity contribution in [1.82, 2.24) is 0 Å². The predicted molar refractivity (Wildman–Crippen MR) is 98.1 cm³/mol. The van der Waals surface area contributed by atoms with Crippen LogP contribution in [0, 0.1) is 5.82 Å². The molecule has 0 spiro atoms. The van der Waals surface area contributed by atoms with Crippen molar-refractivity contribution in [3.8, 4) is 0 Å². The Hall–Kier alpha value is -2.21. The largest absolute Gasteiger partial charge is 0.449 e. The molecule has 0 aliphatic carbocycles. The summed E-state index contributed by atoms with van der Waals surface area (Å²) in [6.07, 6.45) is -1.06. The third-order valence-corrected chi connectivity index (χ3v) is 4.14. The molecule has 0 fully saturated rings. The zero-order chi connectivity index (χ0) is 18.6. The summed E-state index contributed by atoms with van der Waals surface area (Å²) in [5, 5.41) is 2.76. The minimum Gasteiger partial charge on any atom is -0.449 e. The van der Waals surface area contributed by atoms with Gasteiger partial charge in [-0.05, 0) is 42.7 Å². The van der Waals surface area contributed by atoms with Crippen LogP contribution in [0.15, 0.2) is 46.9 Å². The van der Waals surface area contributed by atoms with Crippen LogP contribution in [0.4, 0.5) is 10.1 Å². The van der Waals surface area contributed by atoms with Crippen LogP contribution in [-0.4, -0.2) is 18.0 Å². The molecule has 0 bridgehead atoms. The van der Waals surface area contributed by atoms with Crippen molar-refractivity contribution in [2.45, 2.75) is 32.8 Å². The Morgan fingerprint density at radius 1 is 1.12 bits per heavy atom. The van der Waals surface area contributed by atoms with Crippen LogP contribution < -0.4 is 5.32 Å². The second kappa shape index (κ2) is 8.25. The van der Waals surface area contributed by atoms with Gasteiger partial charge in [0, 0.05) is 10.2 Å². The van der Waals surface area contributed by atoms with Gasteiger partial charge in [-0.15, -0.1) is 0 Å². The monoisotopic (exact) mass is 407 g/mol. The molecule has 0 aliphatic heterocycles. The first kappa shape index (κ1) is 19.1. The lowest BCUT2D eigenvalue weighted by Gasteiger charge is -2.17. The minimum atomic E-state index is -1.06. The van der Waals surface area contributed by atoms with E-state index in [9.17, 15) is 14.0 Å². The molecular weight excluding hydrogens is 389 g/mol. The van der Waals surface area contributed by atoms with Gasteiger partial charge >= 0.3 is 5.97 Å². The molecule has 0 saturated heterocycles. The maximum absolute atomic E-state index is 13.7. The molecule has 0 unspecified atom stereocenters. The van der Waals surface area contributed by atoms with E-state index in [-0.39, 0.29) is 11.5 Å². The van der Waals surface area contributed by atoms with Crippen molar-refractivity contribution in [3.05, 3.63) is 63.9 Å². The summed E-state index contributed by atoms with van der Waals surface area (Å²) >= 11 is 3.17. The summed E-state index contributed by atoms with van der Waals surface area (Å²) in [5.74, 6) is -1.84. The zero-order valence-electron chi connectivity index (χ0n) is 14.2. The first-order chi connectivity index (χ1) is 11.8. The third kappa shape index (κ3) is 4.89. The van der Waals surface area contributed by atoms with Gasteiger partial charge in [0.25, 0.3) is 5.91 Å². The van der Waals surface area contributed by atoms with E-state index in [2.05, 4.69) is 21.2 Å². The van der Waals surface area contributed by atoms with Crippen molar-refractivity contribution >= 4 is 33.5 Å². The second-order valence-corrected chi connectivity index (χ2v) is 6.82. The Labute approximate surface area is 154 Å². The first-order valence-corrected chi connectivity index (χ1v) is 8.64. The van der Waals surface area contributed by atoms with E-state index in [1.165, 1.54) is 19.1 Å². The highest BCUT2D eigenvalue weighted by Crippen LogP contribution is 2.24. The van der Waals surface area contributed by atoms with E-state index >= 15 is 0 Å². The topological polar surface area (TPSA) is 55.4 Å². The van der Waals surface area contributed by atoms with Crippen LogP contribution in [0.5, 0.6) is 0 Å². The SMILES string of the molecule is CC(C)c1ccccc1NC(=O)[C@H](C)OC(=O)c1cc(Br)ccc1F. The molecule has 0 saturated carbocycles. The lowest BCUT2D eigenvalue weighted by Crippen LogP contribution is -2.30. The van der Waals surface area contributed by atoms with Crippen molar-refractivity contribution in [2.24, 2.45) is 0 Å². The standard InChI is InChI=1S/C19H19BrFNO3/c1-11(2)14-6-4-5-7-17(14)22-18(23)12(3)25-19(24)15-10-13(20)8-9-16(15)21/h4-12H,1-3H3,(H,22,23)/t12-/m0/s1. The molecule has 2 rings (SSSR count). The second-order valence-electron chi connectivity index (χ2n) is 5.90. The van der Waals surface area contributed by atoms with E-state index in [0.717, 1.165) is 11.6 Å². The van der Waals surface area contributed by atoms with Gasteiger partial charge in [-0.3, -0.25) is 4.79 Å². The van der Waals surface area contributed by atoms with Gasteiger partial charge in [-0.25, -0.2) is 9.18 Å². The number of amides is 1. The normalized spacial score (nSPS) is 11.9. The fourth-order valence-electron chi connectivity index (χ4n) is 2.28. The molecule has 0 radical (unpaired) electrons. The third-order valence-electron chi connectivity index (χ3n) is 3.64. The average molecular weight is 408 g/mol. The summed E-state index contributed by atoms with van der Waals surface area (Å²) < 4.78 is 19.4. The number of hydrogen-bond donors (Lipinski definition) is 1. The number of hydrogen-bond acceptors (Lipinski definition) is 3. The number of carbonyl (C=O) groups is 2. The predicted octanol–water partition coefficient (Wildman–Crippen LogP) is 4.90. The highest BCUT2D eigenvalue weighted by Gasteiger charge is 2.22. The molecule has 6 heteroatoms. The van der Waals surface area contributed by atoms with Gasteiger partial charge in [-0.2, -0.15) is 0 Å². The van der Waals surface area contributed by atoms with Crippen molar-refractivity contribution in [2.75, 3.05) is 5.32 Å². The molecule has 2 aromatic carbocycles. The lowest BCUT2D eigenvalue weighted by molar-refractivity contribution is -0.123. The fraction of sp³-hybridized carbons (Fsp3) is 0.263. The summed E-state index contributed by atoms with van der Waals surface area (Å²) in [7, 11) is 0. The Kier molecular flexibility index (Phi) is 6.31. The maximum atomic E-state index is 13.7. The van der Waals surface area contributed by atoms with E-state index in [4.69, 9.17) is 4.74 Å². The van der Waals surface area contributed by atoms with Crippen molar-refractivity contribution in [1.29, 1.82) is 0 Å². The molecule has 2 aromatic rings. The van der Waals surface area contributed by atoms with Crippen molar-refractivity contribution < 1.29 is 18.7 Å². The number of carbonyl (C=O) groups excluding carboxylic acids is 2. The van der Waals surface area contributed by atoms with E-state index in [0.29, 0.717) is 10.2 Å². The van der Waals surface area contributed by atoms with Crippen LogP contribution >= 0.6 is 15.9 Å². The number of rotatable bonds is 5. The van der Waals surface area contributed by atoms with Crippen LogP contribution in [0.25, 0.3) is 0 Å². The summed E-state index contributed by atoms with van der Waals surface area (Å²) in [4.78, 5) is 24.4. The maximum Gasteiger partial charge on any atom is 0.341 e. The summed E-state index contributed by atoms with van der Waals surface area (Å²) in [6.45, 7) is 5.48. The first-order valence-electron chi connectivity index (χ1n) is 7.85. The number of para-hydroxylation sites is 1. The van der Waals surface area contributed by atoms with Gasteiger partial charge in [0.1, 0.15) is 5.82 Å². The van der Waals surface area contributed by atoms with Crippen LogP contribution in [0.3, 0.4) is 0 Å². The van der Waals surface area contributed by atoms with E-state index in [1.54, 1.807) is 6.07 Å². The molecule has 1 atom stereocenters. The Morgan fingerprint density at radius 2 is 1.80 bits per heavy atom. The van der Waals surface area contributed by atoms with Gasteiger partial charge in [0.15, 0.2) is 6.10 Å². The molecule has 0 aliphatic rings. The number of esters is 1. The highest BCUT2D eigenvalue weighted by molar-refractivity contribution is 9.10. The van der Waals surface area contributed by atoms with Gasteiger partial charge in [0.05, 0.1) is 5.56 Å². The Balaban J connectivity index is 2.08. The fourth-order valence-corrected chi connectivity index (χ4v) is 2.64. The van der Waals surface area contributed by atoms with Gasteiger partial charge in [-0.1, -0.05) is 48.0 Å². The summed E-state index contributed by atoms with van der Waals surface area (Å²) in [6, 6.07) is 11.4. The van der Waals surface area contributed by atoms with E-state index < -0.39 is 23.8 Å². The van der Waals surface area contributed by atoms with Gasteiger partial charge in [0.2, 0.25) is 0 Å². The molecular formula is C19H19BrFNO3. The Morgan fingerprint density at radius 3 is 2.48 bits per heavy atom. The van der Waals surface area contributed by atoms with Gasteiger partial charge < -0.3 is 10.1 Å². The highest BCUT2D eigenvalue weighted by atomic mass is 79.9. The molecule has 0 heterocycles. The van der Waals surface area contributed by atoms with Crippen LogP contribution in [-0.2, 0) is 9.53 Å². The number of benzene rings is 2. The molecule has 0 aromatic heterocycles. The zero-order valence-corrected chi connectivity index (χ0v) is 15.8. The van der Waals surface area contributed by atoms with Crippen LogP contribution in [0.1, 0.15) is 42.6 Å². The number of halogens is 2. The average Bonchev–Trinajstić information content (AvgIpc) is 2.57. The van der Waals surface area contributed by atoms with Crippen LogP contribution in [0.2, 0.25) is 0 Å². The van der Waals surface area contributed by atoms with Crippen molar-refractivity contribution in [3.63, 3.8) is 0 Å².